The zero-order chi connectivity index (χ0) is 13.1. The Balaban J connectivity index is 2.09. The predicted octanol–water partition coefficient (Wildman–Crippen LogP) is 3.04. The summed E-state index contributed by atoms with van der Waals surface area (Å²) in [5.41, 5.74) is 8.01. The Hall–Kier alpha value is -1.49. The standard InChI is InChI=1S/C13H18N4S/c1-9(2)17-13(15-8-16-17)7-18-12-5-4-10(3)6-11(12)14/h4-6,8-9H,7,14H2,1-3H3. The van der Waals surface area contributed by atoms with Crippen LogP contribution >= 0.6 is 11.8 Å². The topological polar surface area (TPSA) is 56.7 Å². The fourth-order valence-electron chi connectivity index (χ4n) is 1.75. The number of nitrogens with two attached hydrogens (primary N) is 1. The van der Waals surface area contributed by atoms with Gasteiger partial charge in [0.05, 0.1) is 5.75 Å². The highest BCUT2D eigenvalue weighted by Gasteiger charge is 2.09. The fraction of sp³-hybridized carbons (Fsp3) is 0.385. The molecule has 1 aromatic heterocycles. The first kappa shape index (κ1) is 13.0. The van der Waals surface area contributed by atoms with E-state index in [0.29, 0.717) is 6.04 Å². The van der Waals surface area contributed by atoms with Crippen LogP contribution in [-0.4, -0.2) is 14.8 Å². The summed E-state index contributed by atoms with van der Waals surface area (Å²) in [6, 6.07) is 6.46. The number of nitrogens with zero attached hydrogens (tertiary/aromatic N) is 3. The second-order valence-electron chi connectivity index (χ2n) is 4.54. The maximum atomic E-state index is 6.00. The fourth-order valence-corrected chi connectivity index (χ4v) is 2.63. The molecule has 4 nitrogen and oxygen atoms in total. The third kappa shape index (κ3) is 2.85. The molecular formula is C13H18N4S. The minimum Gasteiger partial charge on any atom is -0.398 e. The molecule has 0 unspecified atom stereocenters. The molecule has 5 heteroatoms. The van der Waals surface area contributed by atoms with Crippen LogP contribution in [0, 0.1) is 6.92 Å². The van der Waals surface area contributed by atoms with E-state index in [-0.39, 0.29) is 0 Å². The maximum absolute atomic E-state index is 6.00. The zero-order valence-corrected chi connectivity index (χ0v) is 11.7. The van der Waals surface area contributed by atoms with Gasteiger partial charge in [0, 0.05) is 16.6 Å². The molecule has 1 heterocycles. The highest BCUT2D eigenvalue weighted by molar-refractivity contribution is 7.98. The summed E-state index contributed by atoms with van der Waals surface area (Å²) in [5.74, 6) is 1.76. The molecule has 0 fully saturated rings. The lowest BCUT2D eigenvalue weighted by atomic mass is 10.2. The Labute approximate surface area is 112 Å². The molecule has 18 heavy (non-hydrogen) atoms. The average molecular weight is 262 g/mol. The molecular weight excluding hydrogens is 244 g/mol. The summed E-state index contributed by atoms with van der Waals surface area (Å²) in [4.78, 5) is 5.39. The minimum absolute atomic E-state index is 0.332. The smallest absolute Gasteiger partial charge is 0.138 e. The second kappa shape index (κ2) is 5.44. The maximum Gasteiger partial charge on any atom is 0.138 e. The van der Waals surface area contributed by atoms with Gasteiger partial charge in [0.1, 0.15) is 12.2 Å². The highest BCUT2D eigenvalue weighted by Crippen LogP contribution is 2.28. The number of hydrogen-bond donors (Lipinski definition) is 1. The molecule has 0 aliphatic heterocycles. The number of benzene rings is 1. The Kier molecular flexibility index (Phi) is 3.91. The molecule has 0 aliphatic carbocycles. The number of aryl methyl sites for hydroxylation is 1. The molecule has 1 aromatic carbocycles. The highest BCUT2D eigenvalue weighted by atomic mass is 32.2. The van der Waals surface area contributed by atoms with Crippen LogP contribution in [0.3, 0.4) is 0 Å². The van der Waals surface area contributed by atoms with E-state index in [0.717, 1.165) is 22.2 Å². The van der Waals surface area contributed by atoms with Gasteiger partial charge in [-0.1, -0.05) is 6.07 Å². The first-order chi connectivity index (χ1) is 8.58. The SMILES string of the molecule is Cc1ccc(SCc2ncnn2C(C)C)c(N)c1. The van der Waals surface area contributed by atoms with E-state index >= 15 is 0 Å². The van der Waals surface area contributed by atoms with Crippen LogP contribution in [0.15, 0.2) is 29.4 Å². The largest absolute Gasteiger partial charge is 0.398 e. The van der Waals surface area contributed by atoms with E-state index < -0.39 is 0 Å². The first-order valence-electron chi connectivity index (χ1n) is 5.95. The summed E-state index contributed by atoms with van der Waals surface area (Å²) in [6.07, 6.45) is 1.61. The van der Waals surface area contributed by atoms with Crippen molar-refractivity contribution in [1.29, 1.82) is 0 Å². The van der Waals surface area contributed by atoms with Crippen LogP contribution in [0.5, 0.6) is 0 Å². The number of anilines is 1. The normalized spacial score (nSPS) is 11.1. The van der Waals surface area contributed by atoms with E-state index in [4.69, 9.17) is 5.73 Å². The quantitative estimate of drug-likeness (QED) is 0.679. The van der Waals surface area contributed by atoms with Crippen molar-refractivity contribution in [3.63, 3.8) is 0 Å². The van der Waals surface area contributed by atoms with Crippen LogP contribution in [0.1, 0.15) is 31.3 Å². The monoisotopic (exact) mass is 262 g/mol. The van der Waals surface area contributed by atoms with E-state index in [1.807, 2.05) is 17.7 Å². The van der Waals surface area contributed by atoms with Gasteiger partial charge in [0.25, 0.3) is 0 Å². The number of aromatic nitrogens is 3. The molecule has 0 amide bonds. The van der Waals surface area contributed by atoms with E-state index in [9.17, 15) is 0 Å². The van der Waals surface area contributed by atoms with Gasteiger partial charge in [0.2, 0.25) is 0 Å². The summed E-state index contributed by atoms with van der Waals surface area (Å²) >= 11 is 1.70. The van der Waals surface area contributed by atoms with E-state index in [1.54, 1.807) is 18.1 Å². The molecule has 0 spiro atoms. The van der Waals surface area contributed by atoms with Crippen LogP contribution in [0.25, 0.3) is 0 Å². The van der Waals surface area contributed by atoms with Crippen molar-refractivity contribution in [3.8, 4) is 0 Å². The Morgan fingerprint density at radius 2 is 2.17 bits per heavy atom. The molecule has 2 rings (SSSR count). The Morgan fingerprint density at radius 3 is 2.83 bits per heavy atom. The van der Waals surface area contributed by atoms with Crippen molar-refractivity contribution in [2.45, 2.75) is 37.5 Å². The van der Waals surface area contributed by atoms with Gasteiger partial charge in [-0.3, -0.25) is 0 Å². The number of nitrogen functional groups attached to an aromatic ring is 1. The molecule has 2 aromatic rings. The molecule has 0 bridgehead atoms. The zero-order valence-electron chi connectivity index (χ0n) is 10.9. The van der Waals surface area contributed by atoms with E-state index in [1.165, 1.54) is 5.56 Å². The lowest BCUT2D eigenvalue weighted by Gasteiger charge is -2.10. The van der Waals surface area contributed by atoms with E-state index in [2.05, 4.69) is 36.1 Å². The predicted molar refractivity (Wildman–Crippen MR) is 75.6 cm³/mol. The first-order valence-corrected chi connectivity index (χ1v) is 6.94. The van der Waals surface area contributed by atoms with Crippen molar-refractivity contribution in [1.82, 2.24) is 14.8 Å². The minimum atomic E-state index is 0.332. The molecule has 96 valence electrons. The van der Waals surface area contributed by atoms with Crippen molar-refractivity contribution in [3.05, 3.63) is 35.9 Å². The van der Waals surface area contributed by atoms with Gasteiger partial charge in [-0.25, -0.2) is 9.67 Å². The second-order valence-corrected chi connectivity index (χ2v) is 5.56. The van der Waals surface area contributed by atoms with Gasteiger partial charge in [-0.2, -0.15) is 5.10 Å². The summed E-state index contributed by atoms with van der Waals surface area (Å²) in [5, 5.41) is 4.23. The lowest BCUT2D eigenvalue weighted by molar-refractivity contribution is 0.514. The molecule has 0 atom stereocenters. The van der Waals surface area contributed by atoms with Gasteiger partial charge in [-0.15, -0.1) is 11.8 Å². The number of rotatable bonds is 4. The van der Waals surface area contributed by atoms with Gasteiger partial charge < -0.3 is 5.73 Å². The number of hydrogen-bond acceptors (Lipinski definition) is 4. The van der Waals surface area contributed by atoms with Crippen molar-refractivity contribution >= 4 is 17.4 Å². The third-order valence-electron chi connectivity index (χ3n) is 2.66. The summed E-state index contributed by atoms with van der Waals surface area (Å²) in [6.45, 7) is 6.24. The lowest BCUT2D eigenvalue weighted by Crippen LogP contribution is -2.07. The van der Waals surface area contributed by atoms with Crippen LogP contribution < -0.4 is 5.73 Å². The third-order valence-corrected chi connectivity index (χ3v) is 3.74. The molecule has 0 saturated carbocycles. The van der Waals surface area contributed by atoms with Crippen molar-refractivity contribution < 1.29 is 0 Å². The summed E-state index contributed by atoms with van der Waals surface area (Å²) in [7, 11) is 0. The summed E-state index contributed by atoms with van der Waals surface area (Å²) < 4.78 is 1.94. The average Bonchev–Trinajstić information content (AvgIpc) is 2.76. The van der Waals surface area contributed by atoms with Crippen LogP contribution in [0.2, 0.25) is 0 Å². The van der Waals surface area contributed by atoms with Gasteiger partial charge in [0.15, 0.2) is 0 Å². The Bertz CT molecular complexity index is 534. The van der Waals surface area contributed by atoms with Crippen LogP contribution in [0.4, 0.5) is 5.69 Å². The molecule has 0 radical (unpaired) electrons. The van der Waals surface area contributed by atoms with Crippen molar-refractivity contribution in [2.75, 3.05) is 5.73 Å². The number of thioether (sulfide) groups is 1. The molecule has 0 aliphatic rings. The van der Waals surface area contributed by atoms with Crippen molar-refractivity contribution in [2.24, 2.45) is 0 Å². The van der Waals surface area contributed by atoms with Gasteiger partial charge in [-0.05, 0) is 38.5 Å². The van der Waals surface area contributed by atoms with Gasteiger partial charge >= 0.3 is 0 Å². The molecule has 0 saturated heterocycles. The van der Waals surface area contributed by atoms with Crippen LogP contribution in [-0.2, 0) is 5.75 Å². The molecule has 2 N–H and O–H groups in total. The Morgan fingerprint density at radius 1 is 1.39 bits per heavy atom.